The van der Waals surface area contributed by atoms with Crippen molar-refractivity contribution in [1.29, 1.82) is 5.26 Å². The van der Waals surface area contributed by atoms with Gasteiger partial charge in [0.05, 0.1) is 16.9 Å². The van der Waals surface area contributed by atoms with Crippen molar-refractivity contribution in [2.75, 3.05) is 5.32 Å². The molecule has 0 aliphatic heterocycles. The van der Waals surface area contributed by atoms with Crippen LogP contribution in [0.5, 0.6) is 0 Å². The van der Waals surface area contributed by atoms with Crippen LogP contribution in [0.25, 0.3) is 0 Å². The lowest BCUT2D eigenvalue weighted by atomic mass is 10.1. The molecule has 0 radical (unpaired) electrons. The molecule has 0 amide bonds. The number of hydrogen-bond acceptors (Lipinski definition) is 3. The van der Waals surface area contributed by atoms with Crippen molar-refractivity contribution in [3.63, 3.8) is 0 Å². The van der Waals surface area contributed by atoms with E-state index >= 15 is 0 Å². The molecule has 3 aromatic rings. The number of halogens is 1. The zero-order valence-corrected chi connectivity index (χ0v) is 13.2. The lowest BCUT2D eigenvalue weighted by molar-refractivity contribution is 0.797. The smallest absolute Gasteiger partial charge is 0.101 e. The lowest BCUT2D eigenvalue weighted by Gasteiger charge is -2.09. The summed E-state index contributed by atoms with van der Waals surface area (Å²) in [7, 11) is 0. The predicted octanol–water partition coefficient (Wildman–Crippen LogP) is 4.07. The van der Waals surface area contributed by atoms with Crippen LogP contribution in [-0.4, -0.2) is 9.55 Å². The van der Waals surface area contributed by atoms with Gasteiger partial charge in [-0.1, -0.05) is 35.9 Å². The number of nitrogens with one attached hydrogen (secondary N) is 1. The normalized spacial score (nSPS) is 10.3. The van der Waals surface area contributed by atoms with Gasteiger partial charge in [-0.2, -0.15) is 5.26 Å². The van der Waals surface area contributed by atoms with Gasteiger partial charge in [0, 0.05) is 31.2 Å². The number of hydrogen-bond donors (Lipinski definition) is 1. The van der Waals surface area contributed by atoms with Gasteiger partial charge >= 0.3 is 0 Å². The molecule has 23 heavy (non-hydrogen) atoms. The highest BCUT2D eigenvalue weighted by Gasteiger charge is 2.01. The standard InChI is InChI=1S/C18H15ClN4/c19-18-9-17(6-5-16(18)10-20)22-11-14-1-3-15(4-2-14)12-23-8-7-21-13-23/h1-9,13,22H,11-12H2. The molecule has 0 spiro atoms. The quantitative estimate of drug-likeness (QED) is 0.770. The van der Waals surface area contributed by atoms with Crippen LogP contribution < -0.4 is 5.32 Å². The van der Waals surface area contributed by atoms with Gasteiger partial charge in [-0.25, -0.2) is 4.98 Å². The summed E-state index contributed by atoms with van der Waals surface area (Å²) in [5.74, 6) is 0. The summed E-state index contributed by atoms with van der Waals surface area (Å²) in [5, 5.41) is 12.6. The van der Waals surface area contributed by atoms with Crippen molar-refractivity contribution in [3.05, 3.63) is 82.9 Å². The SMILES string of the molecule is N#Cc1ccc(NCc2ccc(Cn3ccnc3)cc2)cc1Cl. The minimum Gasteiger partial charge on any atom is -0.381 e. The Labute approximate surface area is 140 Å². The third-order valence-corrected chi connectivity index (χ3v) is 3.85. The maximum atomic E-state index is 8.87. The van der Waals surface area contributed by atoms with Crippen LogP contribution in [0.15, 0.2) is 61.2 Å². The molecule has 114 valence electrons. The van der Waals surface area contributed by atoms with Gasteiger partial charge in [0.1, 0.15) is 6.07 Å². The molecule has 0 saturated heterocycles. The van der Waals surface area contributed by atoms with Crippen molar-refractivity contribution in [3.8, 4) is 6.07 Å². The van der Waals surface area contributed by atoms with Crippen molar-refractivity contribution < 1.29 is 0 Å². The first-order valence-electron chi connectivity index (χ1n) is 7.22. The number of nitrogens with zero attached hydrogens (tertiary/aromatic N) is 3. The Morgan fingerprint density at radius 1 is 1.13 bits per heavy atom. The minimum atomic E-state index is 0.466. The topological polar surface area (TPSA) is 53.6 Å². The van der Waals surface area contributed by atoms with E-state index in [0.29, 0.717) is 17.1 Å². The van der Waals surface area contributed by atoms with Crippen LogP contribution in [0, 0.1) is 11.3 Å². The minimum absolute atomic E-state index is 0.466. The summed E-state index contributed by atoms with van der Waals surface area (Å²) in [6.45, 7) is 1.52. The Kier molecular flexibility index (Phi) is 4.60. The monoisotopic (exact) mass is 322 g/mol. The van der Waals surface area contributed by atoms with E-state index < -0.39 is 0 Å². The van der Waals surface area contributed by atoms with Crippen molar-refractivity contribution in [1.82, 2.24) is 9.55 Å². The fraction of sp³-hybridized carbons (Fsp3) is 0.111. The Morgan fingerprint density at radius 3 is 2.57 bits per heavy atom. The van der Waals surface area contributed by atoms with Gasteiger partial charge in [-0.15, -0.1) is 0 Å². The zero-order chi connectivity index (χ0) is 16.1. The first kappa shape index (κ1) is 15.1. The Hall–Kier alpha value is -2.77. The van der Waals surface area contributed by atoms with Crippen LogP contribution >= 0.6 is 11.6 Å². The molecule has 1 N–H and O–H groups in total. The fourth-order valence-electron chi connectivity index (χ4n) is 2.27. The van der Waals surface area contributed by atoms with Crippen molar-refractivity contribution >= 4 is 17.3 Å². The molecule has 0 aliphatic rings. The average Bonchev–Trinajstić information content (AvgIpc) is 3.07. The number of benzene rings is 2. The molecule has 0 unspecified atom stereocenters. The van der Waals surface area contributed by atoms with Gasteiger partial charge in [-0.05, 0) is 29.3 Å². The highest BCUT2D eigenvalue weighted by Crippen LogP contribution is 2.20. The second-order valence-electron chi connectivity index (χ2n) is 5.21. The molecular weight excluding hydrogens is 308 g/mol. The summed E-state index contributed by atoms with van der Waals surface area (Å²) in [4.78, 5) is 4.04. The second-order valence-corrected chi connectivity index (χ2v) is 5.62. The van der Waals surface area contributed by atoms with E-state index in [1.807, 2.05) is 23.2 Å². The summed E-state index contributed by atoms with van der Waals surface area (Å²) < 4.78 is 2.03. The van der Waals surface area contributed by atoms with Crippen LogP contribution in [0.1, 0.15) is 16.7 Å². The van der Waals surface area contributed by atoms with Crippen LogP contribution in [-0.2, 0) is 13.1 Å². The third-order valence-electron chi connectivity index (χ3n) is 3.53. The molecule has 1 heterocycles. The largest absolute Gasteiger partial charge is 0.381 e. The molecule has 0 fully saturated rings. The van der Waals surface area contributed by atoms with Gasteiger partial charge in [0.25, 0.3) is 0 Å². The highest BCUT2D eigenvalue weighted by atomic mass is 35.5. The number of rotatable bonds is 5. The van der Waals surface area contributed by atoms with E-state index in [9.17, 15) is 0 Å². The van der Waals surface area contributed by atoms with Crippen molar-refractivity contribution in [2.24, 2.45) is 0 Å². The average molecular weight is 323 g/mol. The molecular formula is C18H15ClN4. The van der Waals surface area contributed by atoms with Crippen LogP contribution in [0.4, 0.5) is 5.69 Å². The van der Waals surface area contributed by atoms with Gasteiger partial charge in [0.2, 0.25) is 0 Å². The maximum absolute atomic E-state index is 8.87. The molecule has 0 bridgehead atoms. The van der Waals surface area contributed by atoms with Gasteiger partial charge < -0.3 is 9.88 Å². The van der Waals surface area contributed by atoms with Crippen molar-refractivity contribution in [2.45, 2.75) is 13.1 Å². The molecule has 0 saturated carbocycles. The summed E-state index contributed by atoms with van der Waals surface area (Å²) in [6, 6.07) is 15.8. The molecule has 1 aromatic heterocycles. The number of anilines is 1. The van der Waals surface area contributed by atoms with Gasteiger partial charge in [-0.3, -0.25) is 0 Å². The van der Waals surface area contributed by atoms with E-state index in [1.54, 1.807) is 18.3 Å². The molecule has 5 heteroatoms. The van der Waals surface area contributed by atoms with E-state index in [4.69, 9.17) is 16.9 Å². The maximum Gasteiger partial charge on any atom is 0.101 e. The molecule has 4 nitrogen and oxygen atoms in total. The summed E-state index contributed by atoms with van der Waals surface area (Å²) in [6.07, 6.45) is 5.54. The van der Waals surface area contributed by atoms with Crippen LogP contribution in [0.2, 0.25) is 5.02 Å². The van der Waals surface area contributed by atoms with E-state index in [1.165, 1.54) is 11.1 Å². The van der Waals surface area contributed by atoms with E-state index in [2.05, 4.69) is 40.6 Å². The Balaban J connectivity index is 1.60. The predicted molar refractivity (Wildman–Crippen MR) is 91.3 cm³/mol. The molecule has 3 rings (SSSR count). The lowest BCUT2D eigenvalue weighted by Crippen LogP contribution is -2.01. The van der Waals surface area contributed by atoms with Crippen LogP contribution in [0.3, 0.4) is 0 Å². The fourth-order valence-corrected chi connectivity index (χ4v) is 2.50. The first-order chi connectivity index (χ1) is 11.2. The Morgan fingerprint density at radius 2 is 1.91 bits per heavy atom. The summed E-state index contributed by atoms with van der Waals surface area (Å²) in [5.41, 5.74) is 3.80. The first-order valence-corrected chi connectivity index (χ1v) is 7.59. The summed E-state index contributed by atoms with van der Waals surface area (Å²) >= 11 is 6.03. The number of aromatic nitrogens is 2. The number of nitriles is 1. The highest BCUT2D eigenvalue weighted by molar-refractivity contribution is 6.32. The molecule has 0 aliphatic carbocycles. The zero-order valence-electron chi connectivity index (χ0n) is 12.4. The van der Waals surface area contributed by atoms with E-state index in [-0.39, 0.29) is 0 Å². The molecule has 0 atom stereocenters. The second kappa shape index (κ2) is 6.99. The van der Waals surface area contributed by atoms with Gasteiger partial charge in [0.15, 0.2) is 0 Å². The third kappa shape index (κ3) is 3.91. The van der Waals surface area contributed by atoms with E-state index in [0.717, 1.165) is 12.2 Å². The Bertz CT molecular complexity index is 817. The molecule has 2 aromatic carbocycles. The number of imidazole rings is 1.